The highest BCUT2D eigenvalue weighted by atomic mass is 32.2. The molecule has 0 spiro atoms. The second-order valence-electron chi connectivity index (χ2n) is 3.69. The van der Waals surface area contributed by atoms with Crippen LogP contribution < -0.4 is 0 Å². The largest absolute Gasteiger partial charge is 0.512 e. The third-order valence-electron chi connectivity index (χ3n) is 2.13. The average Bonchev–Trinajstić information content (AvgIpc) is 2.25. The first-order valence-electron chi connectivity index (χ1n) is 5.18. The number of hydrogen-bond donors (Lipinski definition) is 1. The number of carbonyl (C=O) groups excluding carboxylic acids is 1. The van der Waals surface area contributed by atoms with Gasteiger partial charge in [0.25, 0.3) is 0 Å². The van der Waals surface area contributed by atoms with E-state index in [0.717, 1.165) is 4.90 Å². The maximum Gasteiger partial charge on any atom is 0.164 e. The van der Waals surface area contributed by atoms with Crippen LogP contribution in [0.4, 0.5) is 0 Å². The number of allylic oxidation sites excluding steroid dienone is 2. The molecule has 4 heteroatoms. The van der Waals surface area contributed by atoms with Crippen LogP contribution in [-0.4, -0.2) is 17.1 Å². The average molecular weight is 249 g/mol. The first-order chi connectivity index (χ1) is 8.00. The van der Waals surface area contributed by atoms with Crippen molar-refractivity contribution in [1.29, 1.82) is 0 Å². The highest BCUT2D eigenvalue weighted by molar-refractivity contribution is 7.98. The minimum Gasteiger partial charge on any atom is -0.512 e. The lowest BCUT2D eigenvalue weighted by Gasteiger charge is -1.98. The molecular weight excluding hydrogens is 234 g/mol. The molecule has 0 heterocycles. The molecule has 0 radical (unpaired) electrons. The molecule has 0 aliphatic rings. The van der Waals surface area contributed by atoms with Crippen molar-refractivity contribution in [2.24, 2.45) is 4.40 Å². The maximum atomic E-state index is 11.2. The van der Waals surface area contributed by atoms with E-state index in [2.05, 4.69) is 4.40 Å². The Labute approximate surface area is 105 Å². The number of hydrogen-bond acceptors (Lipinski definition) is 4. The first kappa shape index (κ1) is 13.5. The third kappa shape index (κ3) is 4.44. The smallest absolute Gasteiger partial charge is 0.164 e. The van der Waals surface area contributed by atoms with Gasteiger partial charge >= 0.3 is 0 Å². The Morgan fingerprint density at radius 3 is 2.35 bits per heavy atom. The molecule has 90 valence electrons. The van der Waals surface area contributed by atoms with Crippen LogP contribution in [-0.2, 0) is 4.79 Å². The van der Waals surface area contributed by atoms with Crippen molar-refractivity contribution in [2.45, 2.75) is 25.7 Å². The van der Waals surface area contributed by atoms with Gasteiger partial charge in [-0.05, 0) is 32.9 Å². The van der Waals surface area contributed by atoms with Gasteiger partial charge in [-0.2, -0.15) is 0 Å². The lowest BCUT2D eigenvalue weighted by Crippen LogP contribution is -2.00. The van der Waals surface area contributed by atoms with Crippen LogP contribution in [0.5, 0.6) is 0 Å². The number of aryl methyl sites for hydroxylation is 1. The van der Waals surface area contributed by atoms with Gasteiger partial charge in [-0.3, -0.25) is 4.79 Å². The number of nitrogens with zero attached hydrogens (tertiary/aromatic N) is 1. The summed E-state index contributed by atoms with van der Waals surface area (Å²) in [6, 6.07) is 7.91. The Bertz CT molecular complexity index is 457. The SMILES string of the molecule is CC(=O)C(/C=N/Sc1ccc(C)cc1)=C(\C)O. The van der Waals surface area contributed by atoms with Crippen LogP contribution in [0.1, 0.15) is 19.4 Å². The standard InChI is InChI=1S/C13H15NO2S/c1-9-4-6-12(7-5-9)17-14-8-13(10(2)15)11(3)16/h4-8,15H,1-3H3/b13-10+,14-8+. The second-order valence-corrected chi connectivity index (χ2v) is 4.56. The fraction of sp³-hybridized carbons (Fsp3) is 0.231. The zero-order chi connectivity index (χ0) is 12.8. The summed E-state index contributed by atoms with van der Waals surface area (Å²) in [5, 5.41) is 9.27. The molecule has 0 saturated carbocycles. The predicted octanol–water partition coefficient (Wildman–Crippen LogP) is 3.49. The fourth-order valence-electron chi connectivity index (χ4n) is 1.18. The van der Waals surface area contributed by atoms with E-state index in [1.165, 1.54) is 37.6 Å². The van der Waals surface area contributed by atoms with Gasteiger partial charge in [0, 0.05) is 23.1 Å². The molecule has 0 unspecified atom stereocenters. The second kappa shape index (κ2) is 6.25. The van der Waals surface area contributed by atoms with Crippen LogP contribution in [0.15, 0.2) is 44.9 Å². The van der Waals surface area contributed by atoms with Crippen molar-refractivity contribution in [2.75, 3.05) is 0 Å². The fourth-order valence-corrected chi connectivity index (χ4v) is 1.72. The summed E-state index contributed by atoms with van der Waals surface area (Å²) in [5.41, 5.74) is 1.43. The molecule has 1 N–H and O–H groups in total. The monoisotopic (exact) mass is 249 g/mol. The first-order valence-corrected chi connectivity index (χ1v) is 5.96. The zero-order valence-corrected chi connectivity index (χ0v) is 10.9. The molecule has 0 fully saturated rings. The Kier molecular flexibility index (Phi) is 4.97. The van der Waals surface area contributed by atoms with Gasteiger partial charge in [-0.15, -0.1) is 0 Å². The molecule has 0 aliphatic carbocycles. The number of aliphatic hydroxyl groups is 1. The maximum absolute atomic E-state index is 11.2. The predicted molar refractivity (Wildman–Crippen MR) is 71.5 cm³/mol. The van der Waals surface area contributed by atoms with Crippen molar-refractivity contribution in [3.8, 4) is 0 Å². The topological polar surface area (TPSA) is 49.7 Å². The Morgan fingerprint density at radius 1 is 1.29 bits per heavy atom. The van der Waals surface area contributed by atoms with Gasteiger partial charge in [0.05, 0.1) is 5.57 Å². The molecule has 3 nitrogen and oxygen atoms in total. The molecular formula is C13H15NO2S. The number of carbonyl (C=O) groups is 1. The Hall–Kier alpha value is -1.55. The number of rotatable bonds is 4. The minimum atomic E-state index is -0.196. The van der Waals surface area contributed by atoms with E-state index in [1.54, 1.807) is 0 Å². The quantitative estimate of drug-likeness (QED) is 0.384. The van der Waals surface area contributed by atoms with Crippen LogP contribution in [0.2, 0.25) is 0 Å². The molecule has 17 heavy (non-hydrogen) atoms. The molecule has 1 aromatic rings. The highest BCUT2D eigenvalue weighted by Crippen LogP contribution is 2.19. The molecule has 0 saturated heterocycles. The van der Waals surface area contributed by atoms with Gasteiger partial charge in [0.2, 0.25) is 0 Å². The van der Waals surface area contributed by atoms with Gasteiger partial charge < -0.3 is 5.11 Å². The van der Waals surface area contributed by atoms with E-state index >= 15 is 0 Å². The van der Waals surface area contributed by atoms with E-state index in [9.17, 15) is 9.90 Å². The molecule has 0 amide bonds. The van der Waals surface area contributed by atoms with Crippen molar-refractivity contribution in [3.05, 3.63) is 41.2 Å². The summed E-state index contributed by atoms with van der Waals surface area (Å²) in [4.78, 5) is 12.1. The molecule has 0 atom stereocenters. The summed E-state index contributed by atoms with van der Waals surface area (Å²) in [7, 11) is 0. The summed E-state index contributed by atoms with van der Waals surface area (Å²) in [5.74, 6) is -0.205. The zero-order valence-electron chi connectivity index (χ0n) is 10.1. The van der Waals surface area contributed by atoms with Gasteiger partial charge in [-0.25, -0.2) is 4.40 Å². The van der Waals surface area contributed by atoms with Crippen LogP contribution in [0, 0.1) is 6.92 Å². The number of ketones is 1. The van der Waals surface area contributed by atoms with Crippen molar-refractivity contribution >= 4 is 23.9 Å². The Balaban J connectivity index is 2.70. The summed E-state index contributed by atoms with van der Waals surface area (Å²) in [6.45, 7) is 4.89. The van der Waals surface area contributed by atoms with E-state index in [4.69, 9.17) is 0 Å². The van der Waals surface area contributed by atoms with E-state index < -0.39 is 0 Å². The van der Waals surface area contributed by atoms with E-state index in [-0.39, 0.29) is 17.1 Å². The lowest BCUT2D eigenvalue weighted by atomic mass is 10.2. The lowest BCUT2D eigenvalue weighted by molar-refractivity contribution is -0.113. The number of aliphatic hydroxyl groups excluding tert-OH is 1. The molecule has 0 bridgehead atoms. The van der Waals surface area contributed by atoms with E-state index in [0.29, 0.717) is 0 Å². The minimum absolute atomic E-state index is 0.00856. The summed E-state index contributed by atoms with van der Waals surface area (Å²) >= 11 is 1.26. The summed E-state index contributed by atoms with van der Waals surface area (Å²) in [6.07, 6.45) is 1.39. The highest BCUT2D eigenvalue weighted by Gasteiger charge is 2.04. The van der Waals surface area contributed by atoms with Crippen LogP contribution >= 0.6 is 11.9 Å². The summed E-state index contributed by atoms with van der Waals surface area (Å²) < 4.78 is 4.07. The van der Waals surface area contributed by atoms with Gasteiger partial charge in [-0.1, -0.05) is 17.7 Å². The van der Waals surface area contributed by atoms with Crippen LogP contribution in [0.25, 0.3) is 0 Å². The van der Waals surface area contributed by atoms with Crippen molar-refractivity contribution < 1.29 is 9.90 Å². The van der Waals surface area contributed by atoms with Crippen molar-refractivity contribution in [3.63, 3.8) is 0 Å². The molecule has 0 aliphatic heterocycles. The Morgan fingerprint density at radius 2 is 1.88 bits per heavy atom. The molecule has 0 aromatic heterocycles. The van der Waals surface area contributed by atoms with E-state index in [1.807, 2.05) is 31.2 Å². The van der Waals surface area contributed by atoms with Crippen molar-refractivity contribution in [1.82, 2.24) is 0 Å². The molecule has 1 rings (SSSR count). The van der Waals surface area contributed by atoms with Gasteiger partial charge in [0.1, 0.15) is 5.76 Å². The number of Topliss-reactive ketones (excluding diaryl/α,β-unsaturated/α-hetero) is 1. The number of benzene rings is 1. The molecule has 1 aromatic carbocycles. The third-order valence-corrected chi connectivity index (χ3v) is 2.82. The van der Waals surface area contributed by atoms with Crippen LogP contribution in [0.3, 0.4) is 0 Å². The normalized spacial score (nSPS) is 12.6. The van der Waals surface area contributed by atoms with Gasteiger partial charge in [0.15, 0.2) is 5.78 Å².